The molecule has 3 rings (SSSR count). The molecule has 7 heteroatoms. The van der Waals surface area contributed by atoms with Crippen molar-refractivity contribution in [3.63, 3.8) is 0 Å². The van der Waals surface area contributed by atoms with Gasteiger partial charge in [-0.15, -0.1) is 11.3 Å². The summed E-state index contributed by atoms with van der Waals surface area (Å²) in [5.74, 6) is -2.16. The fourth-order valence-corrected chi connectivity index (χ4v) is 4.38. The van der Waals surface area contributed by atoms with Crippen LogP contribution in [0.15, 0.2) is 12.1 Å². The smallest absolute Gasteiger partial charge is 0.329 e. The predicted molar refractivity (Wildman–Crippen MR) is 91.1 cm³/mol. The third-order valence-corrected chi connectivity index (χ3v) is 6.01. The first-order valence-electron chi connectivity index (χ1n) is 8.53. The van der Waals surface area contributed by atoms with Crippen LogP contribution in [0.4, 0.5) is 0 Å². The Bertz CT molecular complexity index is 701. The molecule has 2 fully saturated rings. The molecule has 0 N–H and O–H groups in total. The lowest BCUT2D eigenvalue weighted by Crippen LogP contribution is -2.44. The highest BCUT2D eigenvalue weighted by Crippen LogP contribution is 2.38. The lowest BCUT2D eigenvalue weighted by Gasteiger charge is -2.21. The number of rotatable bonds is 5. The van der Waals surface area contributed by atoms with Crippen LogP contribution in [0.1, 0.15) is 47.2 Å². The van der Waals surface area contributed by atoms with E-state index in [2.05, 4.69) is 0 Å². The van der Waals surface area contributed by atoms with E-state index in [4.69, 9.17) is 4.74 Å². The number of carbonyl (C=O) groups excluding carboxylic acids is 4. The molecular formula is C18H21NO5S. The van der Waals surface area contributed by atoms with Crippen LogP contribution in [0.2, 0.25) is 0 Å². The average molecular weight is 363 g/mol. The molecule has 1 aliphatic carbocycles. The number of hydrogen-bond acceptors (Lipinski definition) is 6. The first-order chi connectivity index (χ1) is 11.9. The van der Waals surface area contributed by atoms with Gasteiger partial charge >= 0.3 is 5.97 Å². The minimum atomic E-state index is -0.997. The topological polar surface area (TPSA) is 80.8 Å². The standard InChI is InChI=1S/C18H21NO5S/c1-10-7-8-15(25-10)14(20)9-24-18(23)11(2)19-16(21)12-5-3-4-6-13(12)17(19)22/h7-8,11-13H,3-6,9H2,1-2H3/t11-,12-,13+/m0/s1. The van der Waals surface area contributed by atoms with Crippen LogP contribution in [-0.4, -0.2) is 41.1 Å². The summed E-state index contributed by atoms with van der Waals surface area (Å²) in [6, 6.07) is 2.52. The lowest BCUT2D eigenvalue weighted by molar-refractivity contribution is -0.157. The number of Topliss-reactive ketones (excluding diaryl/α,β-unsaturated/α-hetero) is 1. The summed E-state index contributed by atoms with van der Waals surface area (Å²) in [4.78, 5) is 51.8. The highest BCUT2D eigenvalue weighted by Gasteiger charge is 2.51. The van der Waals surface area contributed by atoms with Gasteiger partial charge in [0.05, 0.1) is 16.7 Å². The van der Waals surface area contributed by atoms with Crippen molar-refractivity contribution in [1.29, 1.82) is 0 Å². The number of aryl methyl sites for hydroxylation is 1. The summed E-state index contributed by atoms with van der Waals surface area (Å²) < 4.78 is 5.06. The molecule has 134 valence electrons. The van der Waals surface area contributed by atoms with Gasteiger partial charge in [-0.05, 0) is 38.8 Å². The Hall–Kier alpha value is -2.02. The van der Waals surface area contributed by atoms with Crippen molar-refractivity contribution in [2.24, 2.45) is 11.8 Å². The predicted octanol–water partition coefficient (Wildman–Crippen LogP) is 2.35. The maximum absolute atomic E-state index is 12.5. The molecule has 1 saturated heterocycles. The van der Waals surface area contributed by atoms with E-state index in [0.717, 1.165) is 22.6 Å². The normalized spacial score (nSPS) is 24.2. The fraction of sp³-hybridized carbons (Fsp3) is 0.556. The van der Waals surface area contributed by atoms with Gasteiger partial charge < -0.3 is 4.74 Å². The third-order valence-electron chi connectivity index (χ3n) is 4.96. The van der Waals surface area contributed by atoms with Crippen molar-refractivity contribution in [2.75, 3.05) is 6.61 Å². The molecule has 2 heterocycles. The summed E-state index contributed by atoms with van der Waals surface area (Å²) in [6.07, 6.45) is 3.26. The summed E-state index contributed by atoms with van der Waals surface area (Å²) in [7, 11) is 0. The Morgan fingerprint density at radius 2 is 1.80 bits per heavy atom. The zero-order chi connectivity index (χ0) is 18.1. The molecule has 1 aliphatic heterocycles. The number of thiophene rings is 1. The van der Waals surface area contributed by atoms with Crippen LogP contribution in [-0.2, 0) is 19.1 Å². The summed E-state index contributed by atoms with van der Waals surface area (Å²) >= 11 is 1.34. The van der Waals surface area contributed by atoms with Crippen LogP contribution in [0, 0.1) is 18.8 Å². The van der Waals surface area contributed by atoms with Gasteiger partial charge in [0, 0.05) is 4.88 Å². The molecule has 1 saturated carbocycles. The second kappa shape index (κ2) is 7.07. The van der Waals surface area contributed by atoms with Gasteiger partial charge in [0.1, 0.15) is 6.04 Å². The summed E-state index contributed by atoms with van der Waals surface area (Å²) in [5, 5.41) is 0. The SMILES string of the molecule is Cc1ccc(C(=O)COC(=O)[C@H](C)N2C(=O)[C@H]3CCCC[C@H]3C2=O)s1. The van der Waals surface area contributed by atoms with Gasteiger partial charge in [-0.25, -0.2) is 4.79 Å². The minimum Gasteiger partial charge on any atom is -0.456 e. The van der Waals surface area contributed by atoms with Crippen molar-refractivity contribution in [1.82, 2.24) is 4.90 Å². The number of carbonyl (C=O) groups is 4. The Labute approximate surface area is 150 Å². The number of imide groups is 1. The molecule has 2 amide bonds. The van der Waals surface area contributed by atoms with E-state index in [1.807, 2.05) is 13.0 Å². The van der Waals surface area contributed by atoms with Crippen LogP contribution < -0.4 is 0 Å². The number of fused-ring (bicyclic) bond motifs is 1. The maximum Gasteiger partial charge on any atom is 0.329 e. The van der Waals surface area contributed by atoms with Crippen LogP contribution >= 0.6 is 11.3 Å². The molecule has 1 aromatic heterocycles. The number of hydrogen-bond donors (Lipinski definition) is 0. The number of esters is 1. The number of nitrogens with zero attached hydrogens (tertiary/aromatic N) is 1. The molecule has 25 heavy (non-hydrogen) atoms. The first-order valence-corrected chi connectivity index (χ1v) is 9.35. The maximum atomic E-state index is 12.5. The summed E-state index contributed by atoms with van der Waals surface area (Å²) in [6.45, 7) is 2.99. The quantitative estimate of drug-likeness (QED) is 0.456. The van der Waals surface area contributed by atoms with E-state index in [0.29, 0.717) is 17.7 Å². The van der Waals surface area contributed by atoms with E-state index in [-0.39, 0.29) is 36.0 Å². The Morgan fingerprint density at radius 3 is 2.32 bits per heavy atom. The number of amides is 2. The van der Waals surface area contributed by atoms with E-state index >= 15 is 0 Å². The highest BCUT2D eigenvalue weighted by atomic mass is 32.1. The molecule has 0 aromatic carbocycles. The molecule has 0 radical (unpaired) electrons. The zero-order valence-electron chi connectivity index (χ0n) is 14.3. The molecule has 0 spiro atoms. The summed E-state index contributed by atoms with van der Waals surface area (Å²) in [5.41, 5.74) is 0. The van der Waals surface area contributed by atoms with Gasteiger partial charge in [-0.2, -0.15) is 0 Å². The van der Waals surface area contributed by atoms with Gasteiger partial charge in [-0.1, -0.05) is 12.8 Å². The second-order valence-corrected chi connectivity index (χ2v) is 7.95. The number of ether oxygens (including phenoxy) is 1. The van der Waals surface area contributed by atoms with Gasteiger partial charge in [-0.3, -0.25) is 19.3 Å². The van der Waals surface area contributed by atoms with Crippen molar-refractivity contribution in [3.8, 4) is 0 Å². The van der Waals surface area contributed by atoms with Crippen molar-refractivity contribution >= 4 is 34.9 Å². The Morgan fingerprint density at radius 1 is 1.20 bits per heavy atom. The van der Waals surface area contributed by atoms with Crippen molar-refractivity contribution in [3.05, 3.63) is 21.9 Å². The molecule has 0 unspecified atom stereocenters. The lowest BCUT2D eigenvalue weighted by atomic mass is 9.81. The van der Waals surface area contributed by atoms with E-state index in [9.17, 15) is 19.2 Å². The second-order valence-electron chi connectivity index (χ2n) is 6.66. The monoisotopic (exact) mass is 363 g/mol. The fourth-order valence-electron chi connectivity index (χ4n) is 3.59. The molecule has 1 aromatic rings. The van der Waals surface area contributed by atoms with Crippen LogP contribution in [0.25, 0.3) is 0 Å². The van der Waals surface area contributed by atoms with Crippen molar-refractivity contribution < 1.29 is 23.9 Å². The van der Waals surface area contributed by atoms with Gasteiger partial charge in [0.15, 0.2) is 6.61 Å². The Kier molecular flexibility index (Phi) is 5.03. The molecule has 2 aliphatic rings. The van der Waals surface area contributed by atoms with Gasteiger partial charge in [0.2, 0.25) is 17.6 Å². The number of likely N-dealkylation sites (tertiary alicyclic amines) is 1. The minimum absolute atomic E-state index is 0.278. The van der Waals surface area contributed by atoms with Gasteiger partial charge in [0.25, 0.3) is 0 Å². The third kappa shape index (κ3) is 3.38. The van der Waals surface area contributed by atoms with E-state index in [1.54, 1.807) is 6.07 Å². The number of ketones is 1. The highest BCUT2D eigenvalue weighted by molar-refractivity contribution is 7.14. The zero-order valence-corrected chi connectivity index (χ0v) is 15.1. The largest absolute Gasteiger partial charge is 0.456 e. The molecule has 3 atom stereocenters. The van der Waals surface area contributed by atoms with E-state index in [1.165, 1.54) is 18.3 Å². The molecule has 0 bridgehead atoms. The molecular weight excluding hydrogens is 342 g/mol. The van der Waals surface area contributed by atoms with Crippen molar-refractivity contribution in [2.45, 2.75) is 45.6 Å². The first kappa shape index (κ1) is 17.8. The van der Waals surface area contributed by atoms with Crippen LogP contribution in [0.3, 0.4) is 0 Å². The Balaban J connectivity index is 1.61. The average Bonchev–Trinajstić information content (AvgIpc) is 3.15. The van der Waals surface area contributed by atoms with Crippen LogP contribution in [0.5, 0.6) is 0 Å². The van der Waals surface area contributed by atoms with E-state index < -0.39 is 12.0 Å². The molecule has 6 nitrogen and oxygen atoms in total.